The van der Waals surface area contributed by atoms with E-state index in [4.69, 9.17) is 9.47 Å². The van der Waals surface area contributed by atoms with Crippen molar-refractivity contribution < 1.29 is 14.3 Å². The van der Waals surface area contributed by atoms with Crippen LogP contribution in [0.3, 0.4) is 0 Å². The molecule has 0 aliphatic carbocycles. The highest BCUT2D eigenvalue weighted by Gasteiger charge is 2.33. The van der Waals surface area contributed by atoms with Gasteiger partial charge in [-0.1, -0.05) is 18.2 Å². The number of hydrogen-bond donors (Lipinski definition) is 0. The normalized spacial score (nSPS) is 16.2. The minimum absolute atomic E-state index is 0.00171. The molecule has 1 atom stereocenters. The number of ether oxygens (including phenoxy) is 2. The van der Waals surface area contributed by atoms with Gasteiger partial charge in [-0.25, -0.2) is 0 Å². The standard InChI is InChI=1S/C20H19NO3S2/c1-23-15-5-2-3-6-16(15)24-13-19(22)21-10-8-17-14(9-12-26-17)20(21)18-7-4-11-25-18/h2-7,9,11-12,20H,8,10,13H2,1H3/t20-/m0/s1. The Morgan fingerprint density at radius 3 is 2.73 bits per heavy atom. The number of para-hydroxylation sites is 2. The van der Waals surface area contributed by atoms with E-state index in [1.165, 1.54) is 15.3 Å². The van der Waals surface area contributed by atoms with Crippen LogP contribution in [0.25, 0.3) is 0 Å². The van der Waals surface area contributed by atoms with E-state index in [1.54, 1.807) is 29.8 Å². The highest BCUT2D eigenvalue weighted by atomic mass is 32.1. The molecule has 0 bridgehead atoms. The molecule has 4 rings (SSSR count). The van der Waals surface area contributed by atoms with Crippen LogP contribution in [-0.2, 0) is 11.2 Å². The summed E-state index contributed by atoms with van der Waals surface area (Å²) in [5.41, 5.74) is 1.24. The van der Waals surface area contributed by atoms with Crippen molar-refractivity contribution in [1.29, 1.82) is 0 Å². The highest BCUT2D eigenvalue weighted by molar-refractivity contribution is 7.10. The Morgan fingerprint density at radius 1 is 1.12 bits per heavy atom. The quantitative estimate of drug-likeness (QED) is 0.655. The zero-order valence-corrected chi connectivity index (χ0v) is 16.0. The summed E-state index contributed by atoms with van der Waals surface area (Å²) in [4.78, 5) is 17.5. The van der Waals surface area contributed by atoms with Gasteiger partial charge in [-0.3, -0.25) is 4.79 Å². The Hall–Kier alpha value is -2.31. The number of carbonyl (C=O) groups excluding carboxylic acids is 1. The number of fused-ring (bicyclic) bond motifs is 1. The van der Waals surface area contributed by atoms with E-state index < -0.39 is 0 Å². The maximum absolute atomic E-state index is 13.0. The van der Waals surface area contributed by atoms with Gasteiger partial charge >= 0.3 is 0 Å². The van der Waals surface area contributed by atoms with Crippen LogP contribution in [-0.4, -0.2) is 31.1 Å². The molecule has 0 spiro atoms. The fourth-order valence-corrected chi connectivity index (χ4v) is 5.06. The van der Waals surface area contributed by atoms with E-state index in [1.807, 2.05) is 35.2 Å². The molecule has 1 amide bonds. The van der Waals surface area contributed by atoms with Crippen LogP contribution in [0.1, 0.15) is 21.4 Å². The number of thiophene rings is 2. The molecule has 0 saturated carbocycles. The van der Waals surface area contributed by atoms with E-state index >= 15 is 0 Å². The summed E-state index contributed by atoms with van der Waals surface area (Å²) in [5.74, 6) is 1.21. The summed E-state index contributed by atoms with van der Waals surface area (Å²) in [6.45, 7) is 0.714. The van der Waals surface area contributed by atoms with Crippen LogP contribution in [0.2, 0.25) is 0 Å². The van der Waals surface area contributed by atoms with Crippen molar-refractivity contribution in [3.8, 4) is 11.5 Å². The van der Waals surface area contributed by atoms with Crippen molar-refractivity contribution in [3.05, 3.63) is 68.5 Å². The Balaban J connectivity index is 1.55. The number of hydrogen-bond acceptors (Lipinski definition) is 5. The molecule has 0 saturated heterocycles. The Kier molecular flexibility index (Phi) is 4.95. The minimum atomic E-state index is -0.0150. The molecule has 1 aliphatic heterocycles. The van der Waals surface area contributed by atoms with Gasteiger partial charge in [0.25, 0.3) is 5.91 Å². The molecule has 3 aromatic rings. The van der Waals surface area contributed by atoms with E-state index in [9.17, 15) is 4.79 Å². The topological polar surface area (TPSA) is 38.8 Å². The first-order valence-electron chi connectivity index (χ1n) is 8.43. The van der Waals surface area contributed by atoms with Crippen LogP contribution in [0.5, 0.6) is 11.5 Å². The first-order valence-corrected chi connectivity index (χ1v) is 10.2. The lowest BCUT2D eigenvalue weighted by molar-refractivity contribution is -0.135. The fourth-order valence-electron chi connectivity index (χ4n) is 3.30. The molecular weight excluding hydrogens is 366 g/mol. The van der Waals surface area contributed by atoms with E-state index in [-0.39, 0.29) is 18.6 Å². The summed E-state index contributed by atoms with van der Waals surface area (Å²) >= 11 is 3.46. The molecule has 0 unspecified atom stereocenters. The lowest BCUT2D eigenvalue weighted by Gasteiger charge is -2.35. The summed E-state index contributed by atoms with van der Waals surface area (Å²) in [6.07, 6.45) is 0.898. The lowest BCUT2D eigenvalue weighted by atomic mass is 9.98. The highest BCUT2D eigenvalue weighted by Crippen LogP contribution is 2.39. The fraction of sp³-hybridized carbons (Fsp3) is 0.250. The van der Waals surface area contributed by atoms with Gasteiger partial charge in [0.05, 0.1) is 13.2 Å². The maximum atomic E-state index is 13.0. The smallest absolute Gasteiger partial charge is 0.261 e. The molecule has 0 radical (unpaired) electrons. The molecule has 4 nitrogen and oxygen atoms in total. The Bertz CT molecular complexity index is 888. The third-order valence-corrected chi connectivity index (χ3v) is 6.44. The summed E-state index contributed by atoms with van der Waals surface area (Å²) < 4.78 is 11.1. The molecule has 2 aromatic heterocycles. The number of amides is 1. The average molecular weight is 386 g/mol. The van der Waals surface area contributed by atoms with Gasteiger partial charge in [0.15, 0.2) is 18.1 Å². The number of rotatable bonds is 5. The first kappa shape index (κ1) is 17.1. The van der Waals surface area contributed by atoms with Gasteiger partial charge in [0.2, 0.25) is 0 Å². The second-order valence-electron chi connectivity index (χ2n) is 5.99. The largest absolute Gasteiger partial charge is 0.493 e. The van der Waals surface area contributed by atoms with E-state index in [0.717, 1.165) is 6.42 Å². The second-order valence-corrected chi connectivity index (χ2v) is 7.97. The molecule has 1 aliphatic rings. The van der Waals surface area contributed by atoms with Crippen molar-refractivity contribution in [1.82, 2.24) is 4.90 Å². The predicted octanol–water partition coefficient (Wildman–Crippen LogP) is 4.37. The first-order chi connectivity index (χ1) is 12.8. The molecule has 0 N–H and O–H groups in total. The third-order valence-electron chi connectivity index (χ3n) is 4.52. The molecule has 134 valence electrons. The van der Waals surface area contributed by atoms with Crippen molar-refractivity contribution in [2.24, 2.45) is 0 Å². The number of methoxy groups -OCH3 is 1. The molecule has 26 heavy (non-hydrogen) atoms. The molecule has 3 heterocycles. The average Bonchev–Trinajstić information content (AvgIpc) is 3.37. The van der Waals surface area contributed by atoms with Gasteiger partial charge in [-0.15, -0.1) is 22.7 Å². The van der Waals surface area contributed by atoms with Gasteiger partial charge in [0.1, 0.15) is 0 Å². The SMILES string of the molecule is COc1ccccc1OCC(=O)N1CCc2sccc2[C@H]1c1cccs1. The number of carbonyl (C=O) groups is 1. The van der Waals surface area contributed by atoms with Crippen molar-refractivity contribution >= 4 is 28.6 Å². The van der Waals surface area contributed by atoms with Crippen molar-refractivity contribution in [2.75, 3.05) is 20.3 Å². The minimum Gasteiger partial charge on any atom is -0.493 e. The maximum Gasteiger partial charge on any atom is 0.261 e. The van der Waals surface area contributed by atoms with Gasteiger partial charge in [-0.2, -0.15) is 0 Å². The number of nitrogens with zero attached hydrogens (tertiary/aromatic N) is 1. The van der Waals surface area contributed by atoms with Crippen molar-refractivity contribution in [2.45, 2.75) is 12.5 Å². The lowest BCUT2D eigenvalue weighted by Crippen LogP contribution is -2.42. The Labute approximate surface area is 160 Å². The monoisotopic (exact) mass is 385 g/mol. The Morgan fingerprint density at radius 2 is 1.96 bits per heavy atom. The van der Waals surface area contributed by atoms with Gasteiger partial charge in [-0.05, 0) is 47.0 Å². The van der Waals surface area contributed by atoms with E-state index in [2.05, 4.69) is 22.9 Å². The second kappa shape index (κ2) is 7.51. The van der Waals surface area contributed by atoms with Crippen LogP contribution in [0.15, 0.2) is 53.2 Å². The van der Waals surface area contributed by atoms with E-state index in [0.29, 0.717) is 18.0 Å². The van der Waals surface area contributed by atoms with Crippen LogP contribution in [0, 0.1) is 0 Å². The van der Waals surface area contributed by atoms with Crippen LogP contribution >= 0.6 is 22.7 Å². The zero-order chi connectivity index (χ0) is 17.9. The summed E-state index contributed by atoms with van der Waals surface area (Å²) in [7, 11) is 1.60. The van der Waals surface area contributed by atoms with Gasteiger partial charge < -0.3 is 14.4 Å². The predicted molar refractivity (Wildman–Crippen MR) is 104 cm³/mol. The van der Waals surface area contributed by atoms with Crippen LogP contribution in [0.4, 0.5) is 0 Å². The summed E-state index contributed by atoms with van der Waals surface area (Å²) in [5, 5.41) is 4.18. The van der Waals surface area contributed by atoms with Crippen molar-refractivity contribution in [3.63, 3.8) is 0 Å². The molecule has 6 heteroatoms. The number of benzene rings is 1. The molecule has 1 aromatic carbocycles. The third kappa shape index (κ3) is 3.22. The van der Waals surface area contributed by atoms with Gasteiger partial charge in [0, 0.05) is 16.3 Å². The zero-order valence-electron chi connectivity index (χ0n) is 14.4. The molecule has 0 fully saturated rings. The molecular formula is C20H19NO3S2. The van der Waals surface area contributed by atoms with Crippen LogP contribution < -0.4 is 9.47 Å². The summed E-state index contributed by atoms with van der Waals surface area (Å²) in [6, 6.07) is 13.7.